The number of nitrogens with zero attached hydrogens (tertiary/aromatic N) is 2. The topological polar surface area (TPSA) is 58.8 Å². The van der Waals surface area contributed by atoms with E-state index in [-0.39, 0.29) is 5.91 Å². The number of piperidine rings is 1. The van der Waals surface area contributed by atoms with E-state index >= 15 is 0 Å². The fraction of sp³-hybridized carbons (Fsp3) is 0.562. The summed E-state index contributed by atoms with van der Waals surface area (Å²) < 4.78 is 5.47. The number of hydrogen-bond acceptors (Lipinski definition) is 4. The van der Waals surface area contributed by atoms with Crippen LogP contribution in [0.5, 0.6) is 5.75 Å². The van der Waals surface area contributed by atoms with Gasteiger partial charge in [0.2, 0.25) is 0 Å². The zero-order chi connectivity index (χ0) is 15.4. The first-order valence-electron chi connectivity index (χ1n) is 7.50. The highest BCUT2D eigenvalue weighted by molar-refractivity contribution is 5.95. The molecule has 1 amide bonds. The van der Waals surface area contributed by atoms with Gasteiger partial charge in [-0.3, -0.25) is 4.79 Å². The number of ether oxygens (including phenoxy) is 1. The number of rotatable bonds is 4. The van der Waals surface area contributed by atoms with Crippen LogP contribution in [0.25, 0.3) is 0 Å². The largest absolute Gasteiger partial charge is 0.494 e. The summed E-state index contributed by atoms with van der Waals surface area (Å²) in [5, 5.41) is 0. The number of anilines is 1. The first-order chi connectivity index (χ1) is 10.0. The molecule has 0 bridgehead atoms. The Morgan fingerprint density at radius 1 is 1.43 bits per heavy atom. The third-order valence-electron chi connectivity index (χ3n) is 3.90. The summed E-state index contributed by atoms with van der Waals surface area (Å²) in [5.41, 5.74) is 7.04. The highest BCUT2D eigenvalue weighted by Gasteiger charge is 2.25. The molecule has 5 heteroatoms. The molecule has 0 saturated carbocycles. The molecule has 1 aliphatic rings. The molecular weight excluding hydrogens is 266 g/mol. The van der Waals surface area contributed by atoms with Crippen molar-refractivity contribution < 1.29 is 9.53 Å². The van der Waals surface area contributed by atoms with Crippen LogP contribution in [0.2, 0.25) is 0 Å². The molecule has 1 aromatic carbocycles. The van der Waals surface area contributed by atoms with Gasteiger partial charge in [-0.2, -0.15) is 0 Å². The molecule has 0 radical (unpaired) electrons. The Morgan fingerprint density at radius 2 is 2.19 bits per heavy atom. The van der Waals surface area contributed by atoms with E-state index in [0.717, 1.165) is 25.9 Å². The Labute approximate surface area is 126 Å². The van der Waals surface area contributed by atoms with Crippen molar-refractivity contribution in [2.45, 2.75) is 25.8 Å². The molecule has 0 aliphatic carbocycles. The molecule has 1 atom stereocenters. The van der Waals surface area contributed by atoms with Crippen molar-refractivity contribution in [3.05, 3.63) is 23.8 Å². The SMILES string of the molecule is CCOc1cc(N)cc(C(=O)N2CCCC(N(C)C)C2)c1. The fourth-order valence-electron chi connectivity index (χ4n) is 2.74. The van der Waals surface area contributed by atoms with Crippen molar-refractivity contribution >= 4 is 11.6 Å². The van der Waals surface area contributed by atoms with Crippen LogP contribution in [0.1, 0.15) is 30.1 Å². The normalized spacial score (nSPS) is 18.9. The second-order valence-corrected chi connectivity index (χ2v) is 5.73. The fourth-order valence-corrected chi connectivity index (χ4v) is 2.74. The van der Waals surface area contributed by atoms with Gasteiger partial charge in [0, 0.05) is 36.4 Å². The smallest absolute Gasteiger partial charge is 0.254 e. The Morgan fingerprint density at radius 3 is 2.86 bits per heavy atom. The lowest BCUT2D eigenvalue weighted by Gasteiger charge is -2.36. The number of carbonyl (C=O) groups is 1. The minimum absolute atomic E-state index is 0.0369. The van der Waals surface area contributed by atoms with Gasteiger partial charge in [-0.1, -0.05) is 0 Å². The summed E-state index contributed by atoms with van der Waals surface area (Å²) in [6, 6.07) is 5.68. The van der Waals surface area contributed by atoms with Gasteiger partial charge in [0.05, 0.1) is 6.61 Å². The van der Waals surface area contributed by atoms with E-state index in [2.05, 4.69) is 19.0 Å². The highest BCUT2D eigenvalue weighted by atomic mass is 16.5. The lowest BCUT2D eigenvalue weighted by molar-refractivity contribution is 0.0634. The number of likely N-dealkylation sites (N-methyl/N-ethyl adjacent to an activating group) is 1. The third kappa shape index (κ3) is 3.88. The number of hydrogen-bond donors (Lipinski definition) is 1. The van der Waals surface area contributed by atoms with E-state index in [0.29, 0.717) is 29.6 Å². The molecule has 1 heterocycles. The summed E-state index contributed by atoms with van der Waals surface area (Å²) in [6.07, 6.45) is 2.17. The maximum atomic E-state index is 12.7. The number of nitrogens with two attached hydrogens (primary N) is 1. The first-order valence-corrected chi connectivity index (χ1v) is 7.50. The Bertz CT molecular complexity index is 502. The summed E-state index contributed by atoms with van der Waals surface area (Å²) in [4.78, 5) is 16.8. The van der Waals surface area contributed by atoms with E-state index in [4.69, 9.17) is 10.5 Å². The minimum Gasteiger partial charge on any atom is -0.494 e. The van der Waals surface area contributed by atoms with Gasteiger partial charge in [0.15, 0.2) is 0 Å². The number of benzene rings is 1. The van der Waals surface area contributed by atoms with Gasteiger partial charge in [-0.25, -0.2) is 0 Å². The van der Waals surface area contributed by atoms with Gasteiger partial charge in [0.25, 0.3) is 5.91 Å². The average molecular weight is 291 g/mol. The molecule has 1 aliphatic heterocycles. The van der Waals surface area contributed by atoms with E-state index in [1.165, 1.54) is 0 Å². The number of likely N-dealkylation sites (tertiary alicyclic amines) is 1. The van der Waals surface area contributed by atoms with Crippen LogP contribution in [0.4, 0.5) is 5.69 Å². The van der Waals surface area contributed by atoms with Crippen LogP contribution in [0.3, 0.4) is 0 Å². The monoisotopic (exact) mass is 291 g/mol. The van der Waals surface area contributed by atoms with Crippen molar-refractivity contribution in [1.29, 1.82) is 0 Å². The molecule has 2 N–H and O–H groups in total. The molecule has 1 aromatic rings. The molecule has 5 nitrogen and oxygen atoms in total. The van der Waals surface area contributed by atoms with Crippen LogP contribution in [0.15, 0.2) is 18.2 Å². The molecule has 1 unspecified atom stereocenters. The van der Waals surface area contributed by atoms with Crippen molar-refractivity contribution in [3.8, 4) is 5.75 Å². The first kappa shape index (κ1) is 15.6. The van der Waals surface area contributed by atoms with Crippen LogP contribution < -0.4 is 10.5 Å². The maximum Gasteiger partial charge on any atom is 0.254 e. The molecule has 0 aromatic heterocycles. The number of amides is 1. The lowest BCUT2D eigenvalue weighted by atomic mass is 10.0. The average Bonchev–Trinajstić information content (AvgIpc) is 2.46. The molecule has 116 valence electrons. The summed E-state index contributed by atoms with van der Waals surface area (Å²) in [5.74, 6) is 0.692. The zero-order valence-corrected chi connectivity index (χ0v) is 13.1. The van der Waals surface area contributed by atoms with Crippen molar-refractivity contribution in [2.24, 2.45) is 0 Å². The molecule has 1 fully saturated rings. The van der Waals surface area contributed by atoms with E-state index < -0.39 is 0 Å². The van der Waals surface area contributed by atoms with Gasteiger partial charge in [0.1, 0.15) is 5.75 Å². The molecule has 1 saturated heterocycles. The minimum atomic E-state index is 0.0369. The van der Waals surface area contributed by atoms with Crippen LogP contribution in [-0.4, -0.2) is 55.5 Å². The Hall–Kier alpha value is -1.75. The predicted octanol–water partition coefficient (Wildman–Crippen LogP) is 1.83. The summed E-state index contributed by atoms with van der Waals surface area (Å²) in [6.45, 7) is 4.05. The molecule has 21 heavy (non-hydrogen) atoms. The summed E-state index contributed by atoms with van der Waals surface area (Å²) >= 11 is 0. The van der Waals surface area contributed by atoms with E-state index in [1.807, 2.05) is 11.8 Å². The highest BCUT2D eigenvalue weighted by Crippen LogP contribution is 2.22. The van der Waals surface area contributed by atoms with E-state index in [9.17, 15) is 4.79 Å². The van der Waals surface area contributed by atoms with Crippen LogP contribution in [-0.2, 0) is 0 Å². The molecule has 0 spiro atoms. The van der Waals surface area contributed by atoms with Crippen LogP contribution in [0, 0.1) is 0 Å². The van der Waals surface area contributed by atoms with Crippen molar-refractivity contribution in [1.82, 2.24) is 9.80 Å². The van der Waals surface area contributed by atoms with E-state index in [1.54, 1.807) is 18.2 Å². The standard InChI is InChI=1S/C16H25N3O2/c1-4-21-15-9-12(8-13(17)10-15)16(20)19-7-5-6-14(11-19)18(2)3/h8-10,14H,4-7,11,17H2,1-3H3. The van der Waals surface area contributed by atoms with Crippen molar-refractivity contribution in [3.63, 3.8) is 0 Å². The third-order valence-corrected chi connectivity index (χ3v) is 3.90. The molecular formula is C16H25N3O2. The van der Waals surface area contributed by atoms with Crippen molar-refractivity contribution in [2.75, 3.05) is 39.5 Å². The van der Waals surface area contributed by atoms with Gasteiger partial charge < -0.3 is 20.3 Å². The quantitative estimate of drug-likeness (QED) is 0.860. The summed E-state index contributed by atoms with van der Waals surface area (Å²) in [7, 11) is 4.12. The second kappa shape index (κ2) is 6.80. The van der Waals surface area contributed by atoms with Gasteiger partial charge >= 0.3 is 0 Å². The molecule has 2 rings (SSSR count). The maximum absolute atomic E-state index is 12.7. The van der Waals surface area contributed by atoms with Gasteiger partial charge in [-0.15, -0.1) is 0 Å². The Kier molecular flexibility index (Phi) is 5.07. The Balaban J connectivity index is 2.15. The number of carbonyl (C=O) groups excluding carboxylic acids is 1. The number of nitrogen functional groups attached to an aromatic ring is 1. The zero-order valence-electron chi connectivity index (χ0n) is 13.1. The lowest BCUT2D eigenvalue weighted by Crippen LogP contribution is -2.47. The second-order valence-electron chi connectivity index (χ2n) is 5.73. The van der Waals surface area contributed by atoms with Crippen LogP contribution >= 0.6 is 0 Å². The van der Waals surface area contributed by atoms with Gasteiger partial charge in [-0.05, 0) is 46.0 Å². The predicted molar refractivity (Wildman–Crippen MR) is 84.6 cm³/mol.